The Bertz CT molecular complexity index is 201. The molecule has 0 N–H and O–H groups in total. The van der Waals surface area contributed by atoms with Crippen LogP contribution in [0.2, 0.25) is 0 Å². The summed E-state index contributed by atoms with van der Waals surface area (Å²) in [5, 5.41) is 0. The number of carbonyl (C=O) groups is 1. The summed E-state index contributed by atoms with van der Waals surface area (Å²) >= 11 is 0. The van der Waals surface area contributed by atoms with E-state index in [-0.39, 0.29) is 11.6 Å². The van der Waals surface area contributed by atoms with Crippen LogP contribution in [-0.2, 0) is 9.53 Å². The van der Waals surface area contributed by atoms with Crippen molar-refractivity contribution < 1.29 is 9.53 Å². The molecule has 1 aliphatic rings. The van der Waals surface area contributed by atoms with Crippen LogP contribution in [0.25, 0.3) is 0 Å². The van der Waals surface area contributed by atoms with Crippen molar-refractivity contribution in [1.82, 2.24) is 0 Å². The maximum Gasteiger partial charge on any atom is 0.303 e. The highest BCUT2D eigenvalue weighted by Gasteiger charge is 2.32. The topological polar surface area (TPSA) is 26.3 Å². The monoisotopic (exact) mass is 212 g/mol. The molecule has 0 bridgehead atoms. The molecule has 15 heavy (non-hydrogen) atoms. The summed E-state index contributed by atoms with van der Waals surface area (Å²) in [6.07, 6.45) is 9.05. The molecule has 0 spiro atoms. The first-order valence-electron chi connectivity index (χ1n) is 6.22. The zero-order chi connectivity index (χ0) is 11.3. The molecule has 0 aromatic heterocycles. The third-order valence-corrected chi connectivity index (χ3v) is 3.50. The van der Waals surface area contributed by atoms with Crippen molar-refractivity contribution in [2.24, 2.45) is 5.92 Å². The summed E-state index contributed by atoms with van der Waals surface area (Å²) in [5.74, 6) is 0.392. The number of carbonyl (C=O) groups excluding carboxylic acids is 1. The predicted molar refractivity (Wildman–Crippen MR) is 61.7 cm³/mol. The van der Waals surface area contributed by atoms with E-state index < -0.39 is 0 Å². The molecule has 0 heterocycles. The van der Waals surface area contributed by atoms with Crippen LogP contribution in [0.3, 0.4) is 0 Å². The van der Waals surface area contributed by atoms with Crippen molar-refractivity contribution in [2.45, 2.75) is 71.3 Å². The van der Waals surface area contributed by atoms with Gasteiger partial charge in [-0.2, -0.15) is 0 Å². The van der Waals surface area contributed by atoms with E-state index in [4.69, 9.17) is 4.74 Å². The van der Waals surface area contributed by atoms with Crippen molar-refractivity contribution in [2.75, 3.05) is 0 Å². The van der Waals surface area contributed by atoms with Crippen molar-refractivity contribution in [3.63, 3.8) is 0 Å². The smallest absolute Gasteiger partial charge is 0.303 e. The van der Waals surface area contributed by atoms with E-state index in [2.05, 4.69) is 13.8 Å². The summed E-state index contributed by atoms with van der Waals surface area (Å²) in [4.78, 5) is 11.0. The quantitative estimate of drug-likeness (QED) is 0.652. The molecule has 1 saturated carbocycles. The number of rotatable bonds is 2. The summed E-state index contributed by atoms with van der Waals surface area (Å²) in [6.45, 7) is 5.62. The summed E-state index contributed by atoms with van der Waals surface area (Å²) in [7, 11) is 0. The Labute approximate surface area is 93.4 Å². The maximum atomic E-state index is 11.0. The van der Waals surface area contributed by atoms with Gasteiger partial charge in [0.2, 0.25) is 0 Å². The third kappa shape index (κ3) is 4.23. The summed E-state index contributed by atoms with van der Waals surface area (Å²) in [6, 6.07) is 0. The Hall–Kier alpha value is -0.530. The van der Waals surface area contributed by atoms with Crippen molar-refractivity contribution >= 4 is 5.97 Å². The number of ether oxygens (including phenoxy) is 1. The van der Waals surface area contributed by atoms with Crippen LogP contribution in [0.15, 0.2) is 0 Å². The highest BCUT2D eigenvalue weighted by molar-refractivity contribution is 5.66. The molecular formula is C13H24O2. The van der Waals surface area contributed by atoms with E-state index in [0.717, 1.165) is 0 Å². The van der Waals surface area contributed by atoms with Gasteiger partial charge in [-0.1, -0.05) is 32.1 Å². The highest BCUT2D eigenvalue weighted by atomic mass is 16.6. The predicted octanol–water partition coefficient (Wildman–Crippen LogP) is 3.69. The highest BCUT2D eigenvalue weighted by Crippen LogP contribution is 2.33. The van der Waals surface area contributed by atoms with Crippen LogP contribution in [0, 0.1) is 5.92 Å². The lowest BCUT2D eigenvalue weighted by Gasteiger charge is -2.34. The van der Waals surface area contributed by atoms with Gasteiger partial charge >= 0.3 is 5.97 Å². The SMILES string of the molecule is CC(=O)OC(C)(C)C1CCCCCCC1. The number of esters is 1. The molecule has 0 aliphatic heterocycles. The van der Waals surface area contributed by atoms with Gasteiger partial charge in [0.15, 0.2) is 0 Å². The molecule has 0 aromatic rings. The minimum Gasteiger partial charge on any atom is -0.460 e. The fourth-order valence-electron chi connectivity index (χ4n) is 2.61. The fourth-order valence-corrected chi connectivity index (χ4v) is 2.61. The van der Waals surface area contributed by atoms with Crippen LogP contribution >= 0.6 is 0 Å². The average molecular weight is 212 g/mol. The molecule has 0 atom stereocenters. The first-order valence-corrected chi connectivity index (χ1v) is 6.22. The van der Waals surface area contributed by atoms with Gasteiger partial charge in [-0.15, -0.1) is 0 Å². The second kappa shape index (κ2) is 5.53. The van der Waals surface area contributed by atoms with Gasteiger partial charge in [0, 0.05) is 6.92 Å². The van der Waals surface area contributed by atoms with Gasteiger partial charge in [0.1, 0.15) is 5.60 Å². The average Bonchev–Trinajstić information content (AvgIpc) is 1.98. The Morgan fingerprint density at radius 3 is 2.00 bits per heavy atom. The van der Waals surface area contributed by atoms with E-state index in [1.165, 1.54) is 51.9 Å². The molecule has 1 aliphatic carbocycles. The largest absolute Gasteiger partial charge is 0.460 e. The third-order valence-electron chi connectivity index (χ3n) is 3.50. The standard InChI is InChI=1S/C13H24O2/c1-11(14)15-13(2,3)12-9-7-5-4-6-8-10-12/h12H,4-10H2,1-3H3. The first-order chi connectivity index (χ1) is 7.02. The second-order valence-electron chi connectivity index (χ2n) is 5.24. The van der Waals surface area contributed by atoms with Crippen LogP contribution < -0.4 is 0 Å². The van der Waals surface area contributed by atoms with E-state index in [9.17, 15) is 4.79 Å². The summed E-state index contributed by atoms with van der Waals surface area (Å²) in [5.41, 5.74) is -0.275. The van der Waals surface area contributed by atoms with Gasteiger partial charge in [-0.3, -0.25) is 4.79 Å². The molecule has 2 heteroatoms. The molecule has 0 unspecified atom stereocenters. The second-order valence-corrected chi connectivity index (χ2v) is 5.24. The molecule has 0 amide bonds. The summed E-state index contributed by atoms with van der Waals surface area (Å²) < 4.78 is 5.43. The Kier molecular flexibility index (Phi) is 4.62. The van der Waals surface area contributed by atoms with Gasteiger partial charge in [-0.05, 0) is 32.6 Å². The molecular weight excluding hydrogens is 188 g/mol. The number of hydrogen-bond donors (Lipinski definition) is 0. The van der Waals surface area contributed by atoms with Crippen molar-refractivity contribution in [3.05, 3.63) is 0 Å². The normalized spacial score (nSPS) is 20.5. The van der Waals surface area contributed by atoms with Gasteiger partial charge < -0.3 is 4.74 Å². The van der Waals surface area contributed by atoms with Crippen LogP contribution in [-0.4, -0.2) is 11.6 Å². The molecule has 88 valence electrons. The van der Waals surface area contributed by atoms with Gasteiger partial charge in [-0.25, -0.2) is 0 Å². The lowest BCUT2D eigenvalue weighted by atomic mass is 9.80. The molecule has 1 fully saturated rings. The minimum absolute atomic E-state index is 0.151. The minimum atomic E-state index is -0.275. The number of hydrogen-bond acceptors (Lipinski definition) is 2. The van der Waals surface area contributed by atoms with E-state index in [0.29, 0.717) is 5.92 Å². The maximum absolute atomic E-state index is 11.0. The molecule has 2 nitrogen and oxygen atoms in total. The van der Waals surface area contributed by atoms with Crippen molar-refractivity contribution in [3.8, 4) is 0 Å². The lowest BCUT2D eigenvalue weighted by molar-refractivity contribution is -0.159. The fraction of sp³-hybridized carbons (Fsp3) is 0.923. The lowest BCUT2D eigenvalue weighted by Crippen LogP contribution is -2.36. The van der Waals surface area contributed by atoms with Gasteiger partial charge in [0.25, 0.3) is 0 Å². The van der Waals surface area contributed by atoms with Crippen LogP contribution in [0.1, 0.15) is 65.7 Å². The van der Waals surface area contributed by atoms with Gasteiger partial charge in [0.05, 0.1) is 0 Å². The van der Waals surface area contributed by atoms with E-state index >= 15 is 0 Å². The molecule has 1 rings (SSSR count). The Morgan fingerprint density at radius 1 is 1.07 bits per heavy atom. The zero-order valence-corrected chi connectivity index (χ0v) is 10.3. The first kappa shape index (κ1) is 12.5. The van der Waals surface area contributed by atoms with Crippen molar-refractivity contribution in [1.29, 1.82) is 0 Å². The zero-order valence-electron chi connectivity index (χ0n) is 10.3. The van der Waals surface area contributed by atoms with E-state index in [1.807, 2.05) is 0 Å². The Balaban J connectivity index is 2.53. The Morgan fingerprint density at radius 2 is 1.53 bits per heavy atom. The molecule has 0 aromatic carbocycles. The molecule has 0 saturated heterocycles. The van der Waals surface area contributed by atoms with Crippen LogP contribution in [0.4, 0.5) is 0 Å². The van der Waals surface area contributed by atoms with E-state index in [1.54, 1.807) is 0 Å². The van der Waals surface area contributed by atoms with Crippen LogP contribution in [0.5, 0.6) is 0 Å². The molecule has 0 radical (unpaired) electrons.